The van der Waals surface area contributed by atoms with Crippen LogP contribution in [0, 0.1) is 0 Å². The van der Waals surface area contributed by atoms with Gasteiger partial charge in [0.05, 0.1) is 25.5 Å². The lowest BCUT2D eigenvalue weighted by molar-refractivity contribution is 0.0696. The zero-order valence-corrected chi connectivity index (χ0v) is 20.1. The molecule has 0 unspecified atom stereocenters. The summed E-state index contributed by atoms with van der Waals surface area (Å²) >= 11 is 0. The van der Waals surface area contributed by atoms with Gasteiger partial charge in [-0.15, -0.1) is 0 Å². The summed E-state index contributed by atoms with van der Waals surface area (Å²) in [6.45, 7) is 2.02. The normalized spacial score (nSPS) is 12.1. The van der Waals surface area contributed by atoms with Crippen molar-refractivity contribution < 1.29 is 27.8 Å². The number of rotatable bonds is 11. The Kier molecular flexibility index (Phi) is 8.14. The van der Waals surface area contributed by atoms with E-state index < -0.39 is 16.0 Å². The van der Waals surface area contributed by atoms with Crippen molar-refractivity contribution in [1.29, 1.82) is 0 Å². The van der Waals surface area contributed by atoms with Gasteiger partial charge in [0, 0.05) is 12.6 Å². The van der Waals surface area contributed by atoms with Gasteiger partial charge in [0.25, 0.3) is 0 Å². The molecule has 0 bridgehead atoms. The van der Waals surface area contributed by atoms with Gasteiger partial charge >= 0.3 is 5.97 Å². The number of hydrogen-bond acceptors (Lipinski definition) is 6. The highest BCUT2D eigenvalue weighted by Gasteiger charge is 2.22. The number of anilines is 1. The van der Waals surface area contributed by atoms with E-state index in [1.54, 1.807) is 19.2 Å². The van der Waals surface area contributed by atoms with Crippen LogP contribution in [0.5, 0.6) is 11.5 Å². The Balaban J connectivity index is 1.81. The second kappa shape index (κ2) is 11.0. The molecule has 0 aromatic heterocycles. The van der Waals surface area contributed by atoms with Crippen LogP contribution in [0.15, 0.2) is 71.6 Å². The van der Waals surface area contributed by atoms with Gasteiger partial charge in [0.2, 0.25) is 10.0 Å². The number of carboxylic acids is 1. The van der Waals surface area contributed by atoms with Crippen LogP contribution < -0.4 is 19.5 Å². The first-order valence-corrected chi connectivity index (χ1v) is 12.1. The van der Waals surface area contributed by atoms with Gasteiger partial charge in [-0.25, -0.2) is 17.9 Å². The van der Waals surface area contributed by atoms with Gasteiger partial charge in [0.1, 0.15) is 4.90 Å². The van der Waals surface area contributed by atoms with Crippen molar-refractivity contribution in [2.45, 2.75) is 24.3 Å². The standard InChI is InChI=1S/C25H28N2O6S/c1-17(19-7-5-4-6-8-19)27-21-11-10-20(25(28)29)16-24(21)34(30,31)26-14-13-18-9-12-22(32-2)23(15-18)33-3/h4-12,15-17,26-27H,13-14H2,1-3H3,(H,28,29)/t17-/m1/s1. The van der Waals surface area contributed by atoms with Crippen molar-refractivity contribution in [3.63, 3.8) is 0 Å². The molecule has 1 atom stereocenters. The molecule has 0 amide bonds. The van der Waals surface area contributed by atoms with Crippen LogP contribution in [0.2, 0.25) is 0 Å². The Bertz CT molecular complexity index is 1250. The molecule has 8 nitrogen and oxygen atoms in total. The van der Waals surface area contributed by atoms with E-state index in [1.165, 1.54) is 25.3 Å². The molecular weight excluding hydrogens is 456 g/mol. The van der Waals surface area contributed by atoms with E-state index in [4.69, 9.17) is 9.47 Å². The molecule has 3 N–H and O–H groups in total. The topological polar surface area (TPSA) is 114 Å². The van der Waals surface area contributed by atoms with Crippen molar-refractivity contribution in [3.05, 3.63) is 83.4 Å². The molecule has 180 valence electrons. The second-order valence-electron chi connectivity index (χ2n) is 7.63. The number of ether oxygens (including phenoxy) is 2. The molecular formula is C25H28N2O6S. The zero-order chi connectivity index (χ0) is 24.7. The quantitative estimate of drug-likeness (QED) is 0.375. The van der Waals surface area contributed by atoms with Crippen molar-refractivity contribution in [2.24, 2.45) is 0 Å². The van der Waals surface area contributed by atoms with Gasteiger partial charge < -0.3 is 19.9 Å². The summed E-state index contributed by atoms with van der Waals surface area (Å²) in [6, 6.07) is 18.8. The number of nitrogens with one attached hydrogen (secondary N) is 2. The van der Waals surface area contributed by atoms with Crippen LogP contribution in [0.4, 0.5) is 5.69 Å². The van der Waals surface area contributed by atoms with Crippen molar-refractivity contribution in [2.75, 3.05) is 26.1 Å². The minimum atomic E-state index is -4.01. The summed E-state index contributed by atoms with van der Waals surface area (Å²) in [5.74, 6) is -0.0663. The first-order valence-electron chi connectivity index (χ1n) is 10.6. The molecule has 3 aromatic rings. The summed E-state index contributed by atoms with van der Waals surface area (Å²) < 4.78 is 39.4. The fraction of sp³-hybridized carbons (Fsp3) is 0.240. The molecule has 0 spiro atoms. The molecule has 0 aliphatic carbocycles. The molecule has 0 aliphatic heterocycles. The van der Waals surface area contributed by atoms with Crippen LogP contribution in [0.25, 0.3) is 0 Å². The predicted octanol–water partition coefficient (Wildman–Crippen LogP) is 4.10. The van der Waals surface area contributed by atoms with Crippen molar-refractivity contribution >= 4 is 21.7 Å². The summed E-state index contributed by atoms with van der Waals surface area (Å²) in [6.07, 6.45) is 0.404. The molecule has 34 heavy (non-hydrogen) atoms. The molecule has 0 saturated carbocycles. The highest BCUT2D eigenvalue weighted by Crippen LogP contribution is 2.29. The minimum Gasteiger partial charge on any atom is -0.493 e. The molecule has 0 radical (unpaired) electrons. The number of hydrogen-bond donors (Lipinski definition) is 3. The Labute approximate surface area is 199 Å². The van der Waals surface area contributed by atoms with E-state index in [2.05, 4.69) is 10.0 Å². The molecule has 3 aromatic carbocycles. The number of sulfonamides is 1. The average Bonchev–Trinajstić information content (AvgIpc) is 2.84. The van der Waals surface area contributed by atoms with Gasteiger partial charge in [-0.2, -0.15) is 0 Å². The fourth-order valence-corrected chi connectivity index (χ4v) is 4.72. The highest BCUT2D eigenvalue weighted by atomic mass is 32.2. The molecule has 0 fully saturated rings. The lowest BCUT2D eigenvalue weighted by Gasteiger charge is -2.19. The van der Waals surface area contributed by atoms with Gasteiger partial charge in [-0.05, 0) is 54.8 Å². The van der Waals surface area contributed by atoms with Crippen LogP contribution >= 0.6 is 0 Å². The fourth-order valence-electron chi connectivity index (χ4n) is 3.50. The van der Waals surface area contributed by atoms with E-state index in [0.29, 0.717) is 23.6 Å². The summed E-state index contributed by atoms with van der Waals surface area (Å²) in [4.78, 5) is 11.4. The summed E-state index contributed by atoms with van der Waals surface area (Å²) in [7, 11) is -0.930. The second-order valence-corrected chi connectivity index (χ2v) is 9.37. The lowest BCUT2D eigenvalue weighted by Crippen LogP contribution is -2.27. The van der Waals surface area contributed by atoms with E-state index >= 15 is 0 Å². The molecule has 9 heteroatoms. The monoisotopic (exact) mass is 484 g/mol. The Morgan fingerprint density at radius 2 is 1.68 bits per heavy atom. The number of benzene rings is 3. The predicted molar refractivity (Wildman–Crippen MR) is 130 cm³/mol. The van der Waals surface area contributed by atoms with Gasteiger partial charge in [-0.3, -0.25) is 0 Å². The maximum atomic E-state index is 13.2. The molecule has 0 saturated heterocycles. The summed E-state index contributed by atoms with van der Waals surface area (Å²) in [5.41, 5.74) is 2.03. The third-order valence-electron chi connectivity index (χ3n) is 5.34. The maximum absolute atomic E-state index is 13.2. The van der Waals surface area contributed by atoms with Crippen LogP contribution in [-0.4, -0.2) is 40.3 Å². The number of carboxylic acid groups (broad SMARTS) is 1. The Morgan fingerprint density at radius 3 is 2.32 bits per heavy atom. The third-order valence-corrected chi connectivity index (χ3v) is 6.84. The average molecular weight is 485 g/mol. The minimum absolute atomic E-state index is 0.113. The molecule has 0 aliphatic rings. The largest absolute Gasteiger partial charge is 0.493 e. The summed E-state index contributed by atoms with van der Waals surface area (Å²) in [5, 5.41) is 12.6. The molecule has 0 heterocycles. The van der Waals surface area contributed by atoms with Crippen LogP contribution in [-0.2, 0) is 16.4 Å². The van der Waals surface area contributed by atoms with E-state index in [9.17, 15) is 18.3 Å². The van der Waals surface area contributed by atoms with E-state index in [-0.39, 0.29) is 23.0 Å². The van der Waals surface area contributed by atoms with Crippen LogP contribution in [0.3, 0.4) is 0 Å². The number of carbonyl (C=O) groups is 1. The lowest BCUT2D eigenvalue weighted by atomic mass is 10.1. The molecule has 3 rings (SSSR count). The smallest absolute Gasteiger partial charge is 0.335 e. The first kappa shape index (κ1) is 25.1. The van der Waals surface area contributed by atoms with E-state index in [1.807, 2.05) is 43.3 Å². The zero-order valence-electron chi connectivity index (χ0n) is 19.2. The van der Waals surface area contributed by atoms with E-state index in [0.717, 1.165) is 11.1 Å². The van der Waals surface area contributed by atoms with Gasteiger partial charge in [0.15, 0.2) is 11.5 Å². The highest BCUT2D eigenvalue weighted by molar-refractivity contribution is 7.89. The van der Waals surface area contributed by atoms with Crippen LogP contribution in [0.1, 0.15) is 34.5 Å². The number of methoxy groups -OCH3 is 2. The SMILES string of the molecule is COc1ccc(CCNS(=O)(=O)c2cc(C(=O)O)ccc2N[C@H](C)c2ccccc2)cc1OC. The van der Waals surface area contributed by atoms with Crippen molar-refractivity contribution in [1.82, 2.24) is 4.72 Å². The number of aromatic carboxylic acids is 1. The Morgan fingerprint density at radius 1 is 0.971 bits per heavy atom. The third kappa shape index (κ3) is 6.06. The first-order chi connectivity index (χ1) is 16.2. The van der Waals surface area contributed by atoms with Crippen molar-refractivity contribution in [3.8, 4) is 11.5 Å². The van der Waals surface area contributed by atoms with Gasteiger partial charge in [-0.1, -0.05) is 36.4 Å². The maximum Gasteiger partial charge on any atom is 0.335 e. The Hall–Kier alpha value is -3.56.